The first kappa shape index (κ1) is 20.8. The molecule has 0 fully saturated rings. The summed E-state index contributed by atoms with van der Waals surface area (Å²) in [4.78, 5) is 12.1. The van der Waals surface area contributed by atoms with Crippen molar-refractivity contribution < 1.29 is 14.3 Å². The van der Waals surface area contributed by atoms with Crippen molar-refractivity contribution in [3.05, 3.63) is 65.7 Å². The normalized spacial score (nSPS) is 12.2. The third-order valence-corrected chi connectivity index (χ3v) is 4.36. The van der Waals surface area contributed by atoms with Gasteiger partial charge in [-0.3, -0.25) is 0 Å². The van der Waals surface area contributed by atoms with E-state index in [-0.39, 0.29) is 10.8 Å². The van der Waals surface area contributed by atoms with Crippen LogP contribution in [-0.4, -0.2) is 13.1 Å². The molecule has 0 radical (unpaired) electrons. The number of carbonyl (C=O) groups is 1. The molecular weight excluding hydrogens is 336 g/mol. The zero-order valence-electron chi connectivity index (χ0n) is 17.2. The van der Waals surface area contributed by atoms with Crippen LogP contribution in [-0.2, 0) is 10.2 Å². The lowest BCUT2D eigenvalue weighted by atomic mass is 9.72. The Kier molecular flexibility index (Phi) is 6.48. The van der Waals surface area contributed by atoms with Gasteiger partial charge in [0.05, 0.1) is 7.11 Å². The number of esters is 1. The van der Waals surface area contributed by atoms with Gasteiger partial charge in [0.25, 0.3) is 0 Å². The molecule has 0 saturated carbocycles. The highest BCUT2D eigenvalue weighted by molar-refractivity contribution is 5.89. The average Bonchev–Trinajstić information content (AvgIpc) is 2.58. The number of rotatable bonds is 6. The average molecular weight is 367 g/mol. The summed E-state index contributed by atoms with van der Waals surface area (Å²) in [6.07, 6.45) is 4.18. The van der Waals surface area contributed by atoms with Crippen LogP contribution in [0, 0.1) is 5.41 Å². The lowest BCUT2D eigenvalue weighted by Crippen LogP contribution is -2.24. The number of ether oxygens (including phenoxy) is 2. The third kappa shape index (κ3) is 6.28. The van der Waals surface area contributed by atoms with Crippen molar-refractivity contribution in [3.8, 4) is 11.5 Å². The molecule has 27 heavy (non-hydrogen) atoms. The Morgan fingerprint density at radius 3 is 2.19 bits per heavy atom. The van der Waals surface area contributed by atoms with Crippen LogP contribution in [0.4, 0.5) is 0 Å². The number of para-hydroxylation sites is 1. The standard InChI is InChI=1S/C24H30O3/c1-23(2,3)17-24(4,5)19-12-14-20(15-13-19)27-22(25)16-11-18-9-7-8-10-21(18)26-6/h7-16H,17H2,1-6H3/b16-11+. The fraction of sp³-hybridized carbons (Fsp3) is 0.375. The van der Waals surface area contributed by atoms with Crippen molar-refractivity contribution in [2.75, 3.05) is 7.11 Å². The van der Waals surface area contributed by atoms with E-state index in [0.29, 0.717) is 11.5 Å². The van der Waals surface area contributed by atoms with Crippen molar-refractivity contribution in [1.82, 2.24) is 0 Å². The summed E-state index contributed by atoms with van der Waals surface area (Å²) < 4.78 is 10.7. The summed E-state index contributed by atoms with van der Waals surface area (Å²) in [5.41, 5.74) is 2.38. The van der Waals surface area contributed by atoms with Gasteiger partial charge in [-0.1, -0.05) is 65.0 Å². The van der Waals surface area contributed by atoms with Gasteiger partial charge in [-0.25, -0.2) is 4.79 Å². The van der Waals surface area contributed by atoms with Crippen molar-refractivity contribution in [3.63, 3.8) is 0 Å². The van der Waals surface area contributed by atoms with E-state index in [2.05, 4.69) is 34.6 Å². The van der Waals surface area contributed by atoms with Crippen LogP contribution in [0.25, 0.3) is 6.08 Å². The van der Waals surface area contributed by atoms with Crippen molar-refractivity contribution in [1.29, 1.82) is 0 Å². The smallest absolute Gasteiger partial charge is 0.336 e. The number of methoxy groups -OCH3 is 1. The fourth-order valence-electron chi connectivity index (χ4n) is 3.51. The van der Waals surface area contributed by atoms with Gasteiger partial charge < -0.3 is 9.47 Å². The number of carbonyl (C=O) groups excluding carboxylic acids is 1. The highest BCUT2D eigenvalue weighted by atomic mass is 16.5. The molecule has 2 aromatic rings. The molecule has 2 aromatic carbocycles. The molecular formula is C24H30O3. The monoisotopic (exact) mass is 366 g/mol. The molecule has 0 bridgehead atoms. The molecule has 0 aromatic heterocycles. The topological polar surface area (TPSA) is 35.5 Å². The molecule has 0 aliphatic carbocycles. The fourth-order valence-corrected chi connectivity index (χ4v) is 3.51. The summed E-state index contributed by atoms with van der Waals surface area (Å²) in [6, 6.07) is 15.3. The molecule has 3 heteroatoms. The summed E-state index contributed by atoms with van der Waals surface area (Å²) >= 11 is 0. The Morgan fingerprint density at radius 2 is 1.59 bits per heavy atom. The SMILES string of the molecule is COc1ccccc1/C=C/C(=O)Oc1ccc(C(C)(C)CC(C)(C)C)cc1. The van der Waals surface area contributed by atoms with Crippen LogP contribution >= 0.6 is 0 Å². The Hall–Kier alpha value is -2.55. The molecule has 0 heterocycles. The maximum atomic E-state index is 12.1. The van der Waals surface area contributed by atoms with E-state index in [1.807, 2.05) is 48.5 Å². The lowest BCUT2D eigenvalue weighted by Gasteiger charge is -2.33. The summed E-state index contributed by atoms with van der Waals surface area (Å²) in [7, 11) is 1.60. The van der Waals surface area contributed by atoms with E-state index >= 15 is 0 Å². The van der Waals surface area contributed by atoms with Gasteiger partial charge in [-0.05, 0) is 47.1 Å². The van der Waals surface area contributed by atoms with Crippen LogP contribution < -0.4 is 9.47 Å². The zero-order chi connectivity index (χ0) is 20.1. The van der Waals surface area contributed by atoms with Crippen LogP contribution in [0.5, 0.6) is 11.5 Å². The second kappa shape index (κ2) is 8.43. The Morgan fingerprint density at radius 1 is 0.963 bits per heavy atom. The van der Waals surface area contributed by atoms with Gasteiger partial charge in [0, 0.05) is 11.6 Å². The molecule has 0 amide bonds. The van der Waals surface area contributed by atoms with E-state index in [9.17, 15) is 4.79 Å². The minimum absolute atomic E-state index is 0.0601. The van der Waals surface area contributed by atoms with E-state index in [4.69, 9.17) is 9.47 Å². The molecule has 0 aliphatic rings. The summed E-state index contributed by atoms with van der Waals surface area (Å²) in [6.45, 7) is 11.2. The van der Waals surface area contributed by atoms with Crippen molar-refractivity contribution in [2.45, 2.75) is 46.5 Å². The highest BCUT2D eigenvalue weighted by Gasteiger charge is 2.27. The maximum absolute atomic E-state index is 12.1. The van der Waals surface area contributed by atoms with E-state index < -0.39 is 5.97 Å². The first-order valence-electron chi connectivity index (χ1n) is 9.24. The van der Waals surface area contributed by atoms with Crippen LogP contribution in [0.3, 0.4) is 0 Å². The Labute approximate surface area is 163 Å². The largest absolute Gasteiger partial charge is 0.496 e. The first-order valence-corrected chi connectivity index (χ1v) is 9.24. The quantitative estimate of drug-likeness (QED) is 0.356. The zero-order valence-corrected chi connectivity index (χ0v) is 17.2. The van der Waals surface area contributed by atoms with Gasteiger partial charge in [0.15, 0.2) is 0 Å². The van der Waals surface area contributed by atoms with Crippen LogP contribution in [0.15, 0.2) is 54.6 Å². The number of benzene rings is 2. The molecule has 0 spiro atoms. The summed E-state index contributed by atoms with van der Waals surface area (Å²) in [5.74, 6) is 0.842. The van der Waals surface area contributed by atoms with E-state index in [1.54, 1.807) is 13.2 Å². The minimum atomic E-state index is -0.414. The van der Waals surface area contributed by atoms with E-state index in [0.717, 1.165) is 12.0 Å². The maximum Gasteiger partial charge on any atom is 0.336 e. The predicted octanol–water partition coefficient (Wildman–Crippen LogP) is 6.03. The molecule has 0 N–H and O–H groups in total. The van der Waals surface area contributed by atoms with Crippen LogP contribution in [0.2, 0.25) is 0 Å². The van der Waals surface area contributed by atoms with Gasteiger partial charge in [0.2, 0.25) is 0 Å². The predicted molar refractivity (Wildman–Crippen MR) is 111 cm³/mol. The highest BCUT2D eigenvalue weighted by Crippen LogP contribution is 2.36. The summed E-state index contributed by atoms with van der Waals surface area (Å²) in [5, 5.41) is 0. The Balaban J connectivity index is 2.04. The van der Waals surface area contributed by atoms with Gasteiger partial charge in [-0.15, -0.1) is 0 Å². The first-order chi connectivity index (χ1) is 12.6. The lowest BCUT2D eigenvalue weighted by molar-refractivity contribution is -0.128. The van der Waals surface area contributed by atoms with Crippen molar-refractivity contribution in [2.24, 2.45) is 5.41 Å². The third-order valence-electron chi connectivity index (χ3n) is 4.36. The second-order valence-corrected chi connectivity index (χ2v) is 8.64. The van der Waals surface area contributed by atoms with E-state index in [1.165, 1.54) is 11.6 Å². The van der Waals surface area contributed by atoms with Gasteiger partial charge >= 0.3 is 5.97 Å². The molecule has 0 unspecified atom stereocenters. The molecule has 144 valence electrons. The number of hydrogen-bond acceptors (Lipinski definition) is 3. The molecule has 0 aliphatic heterocycles. The Bertz CT molecular complexity index is 793. The van der Waals surface area contributed by atoms with Gasteiger partial charge in [-0.2, -0.15) is 0 Å². The van der Waals surface area contributed by atoms with Crippen LogP contribution in [0.1, 0.15) is 52.2 Å². The molecule has 0 saturated heterocycles. The minimum Gasteiger partial charge on any atom is -0.496 e. The van der Waals surface area contributed by atoms with Gasteiger partial charge in [0.1, 0.15) is 11.5 Å². The second-order valence-electron chi connectivity index (χ2n) is 8.64. The molecule has 2 rings (SSSR count). The number of hydrogen-bond donors (Lipinski definition) is 0. The molecule has 0 atom stereocenters. The molecule has 3 nitrogen and oxygen atoms in total. The van der Waals surface area contributed by atoms with Crippen molar-refractivity contribution >= 4 is 12.0 Å².